The molecule has 0 saturated carbocycles. The molecule has 0 spiro atoms. The van der Waals surface area contributed by atoms with E-state index in [9.17, 15) is 9.59 Å². The SMILES string of the molecule is COc1cc(OC)cc(C2=N/C(=C\c3ccc(NC(C)=O)cc3)C(=O)O2)c1. The minimum atomic E-state index is -0.544. The standard InChI is InChI=1S/C20H18N2O5/c1-12(23)21-15-6-4-13(5-7-15)8-18-20(24)27-19(22-18)14-9-16(25-2)11-17(10-14)26-3/h4-11H,1-3H3,(H,21,23)/b18-8-. The third kappa shape index (κ3) is 4.33. The molecule has 1 amide bonds. The van der Waals surface area contributed by atoms with Gasteiger partial charge in [0, 0.05) is 24.2 Å². The Morgan fingerprint density at radius 2 is 1.70 bits per heavy atom. The van der Waals surface area contributed by atoms with Crippen LogP contribution < -0.4 is 14.8 Å². The summed E-state index contributed by atoms with van der Waals surface area (Å²) in [6.45, 7) is 1.44. The smallest absolute Gasteiger partial charge is 0.363 e. The van der Waals surface area contributed by atoms with E-state index in [2.05, 4.69) is 10.3 Å². The molecule has 0 unspecified atom stereocenters. The van der Waals surface area contributed by atoms with Gasteiger partial charge in [0.1, 0.15) is 11.5 Å². The first-order valence-corrected chi connectivity index (χ1v) is 8.12. The fourth-order valence-corrected chi connectivity index (χ4v) is 2.49. The van der Waals surface area contributed by atoms with Crippen molar-refractivity contribution in [2.75, 3.05) is 19.5 Å². The number of anilines is 1. The van der Waals surface area contributed by atoms with E-state index < -0.39 is 5.97 Å². The van der Waals surface area contributed by atoms with Crippen molar-refractivity contribution in [2.45, 2.75) is 6.92 Å². The fraction of sp³-hybridized carbons (Fsp3) is 0.150. The normalized spacial score (nSPS) is 14.6. The van der Waals surface area contributed by atoms with Gasteiger partial charge in [0.25, 0.3) is 0 Å². The molecule has 2 aromatic carbocycles. The van der Waals surface area contributed by atoms with Gasteiger partial charge in [0.15, 0.2) is 5.70 Å². The van der Waals surface area contributed by atoms with Crippen LogP contribution in [0.15, 0.2) is 53.2 Å². The minimum absolute atomic E-state index is 0.150. The van der Waals surface area contributed by atoms with Gasteiger partial charge in [0.05, 0.1) is 14.2 Å². The number of methoxy groups -OCH3 is 2. The summed E-state index contributed by atoms with van der Waals surface area (Å²) in [5, 5.41) is 2.68. The van der Waals surface area contributed by atoms with Crippen LogP contribution >= 0.6 is 0 Å². The van der Waals surface area contributed by atoms with Crippen molar-refractivity contribution in [3.05, 3.63) is 59.3 Å². The number of nitrogens with one attached hydrogen (secondary N) is 1. The Labute approximate surface area is 156 Å². The van der Waals surface area contributed by atoms with Crippen molar-refractivity contribution in [1.29, 1.82) is 0 Å². The minimum Gasteiger partial charge on any atom is -0.497 e. The lowest BCUT2D eigenvalue weighted by molar-refractivity contribution is -0.129. The van der Waals surface area contributed by atoms with Crippen LogP contribution in [0.1, 0.15) is 18.1 Å². The van der Waals surface area contributed by atoms with Gasteiger partial charge in [0.2, 0.25) is 11.8 Å². The average Bonchev–Trinajstić information content (AvgIpc) is 3.03. The molecule has 7 nitrogen and oxygen atoms in total. The van der Waals surface area contributed by atoms with Crippen molar-refractivity contribution < 1.29 is 23.8 Å². The maximum Gasteiger partial charge on any atom is 0.363 e. The Morgan fingerprint density at radius 3 is 2.26 bits per heavy atom. The predicted octanol–water partition coefficient (Wildman–Crippen LogP) is 3.01. The molecule has 0 aromatic heterocycles. The van der Waals surface area contributed by atoms with Crippen LogP contribution in [0.5, 0.6) is 11.5 Å². The number of carbonyl (C=O) groups is 2. The maximum absolute atomic E-state index is 12.2. The van der Waals surface area contributed by atoms with Gasteiger partial charge < -0.3 is 19.5 Å². The van der Waals surface area contributed by atoms with E-state index in [1.165, 1.54) is 21.1 Å². The van der Waals surface area contributed by atoms with Gasteiger partial charge in [-0.25, -0.2) is 9.79 Å². The summed E-state index contributed by atoms with van der Waals surface area (Å²) in [5.41, 5.74) is 2.18. The lowest BCUT2D eigenvalue weighted by Crippen LogP contribution is -2.06. The van der Waals surface area contributed by atoms with Crippen molar-refractivity contribution >= 4 is 29.5 Å². The van der Waals surface area contributed by atoms with Gasteiger partial charge in [-0.3, -0.25) is 4.79 Å². The summed E-state index contributed by atoms with van der Waals surface area (Å²) in [5.74, 6) is 0.614. The van der Waals surface area contributed by atoms with E-state index in [0.29, 0.717) is 22.7 Å². The molecular formula is C20H18N2O5. The lowest BCUT2D eigenvalue weighted by atomic mass is 10.1. The Morgan fingerprint density at radius 1 is 1.07 bits per heavy atom. The molecule has 1 aliphatic rings. The van der Waals surface area contributed by atoms with Crippen LogP contribution in [-0.2, 0) is 14.3 Å². The first-order chi connectivity index (χ1) is 13.0. The number of cyclic esters (lactones) is 1. The van der Waals surface area contributed by atoms with Gasteiger partial charge >= 0.3 is 5.97 Å². The summed E-state index contributed by atoms with van der Waals surface area (Å²) >= 11 is 0. The molecule has 0 bridgehead atoms. The third-order valence-corrected chi connectivity index (χ3v) is 3.75. The van der Waals surface area contributed by atoms with Crippen molar-refractivity contribution in [2.24, 2.45) is 4.99 Å². The molecular weight excluding hydrogens is 348 g/mol. The number of rotatable bonds is 5. The largest absolute Gasteiger partial charge is 0.497 e. The summed E-state index contributed by atoms with van der Waals surface area (Å²) in [4.78, 5) is 27.5. The molecule has 3 rings (SSSR count). The highest BCUT2D eigenvalue weighted by Crippen LogP contribution is 2.26. The zero-order valence-corrected chi connectivity index (χ0v) is 15.1. The number of esters is 1. The second-order valence-corrected chi connectivity index (χ2v) is 5.74. The van der Waals surface area contributed by atoms with E-state index in [4.69, 9.17) is 14.2 Å². The van der Waals surface area contributed by atoms with Crippen molar-refractivity contribution in [3.63, 3.8) is 0 Å². The highest BCUT2D eigenvalue weighted by molar-refractivity contribution is 6.13. The van der Waals surface area contributed by atoms with E-state index in [-0.39, 0.29) is 17.5 Å². The molecule has 1 heterocycles. The molecule has 138 valence electrons. The second-order valence-electron chi connectivity index (χ2n) is 5.74. The highest BCUT2D eigenvalue weighted by atomic mass is 16.6. The van der Waals surface area contributed by atoms with Crippen molar-refractivity contribution in [3.8, 4) is 11.5 Å². The molecule has 0 aliphatic carbocycles. The summed E-state index contributed by atoms with van der Waals surface area (Å²) in [6, 6.07) is 12.2. The van der Waals surface area contributed by atoms with E-state index >= 15 is 0 Å². The summed E-state index contributed by atoms with van der Waals surface area (Å²) in [6.07, 6.45) is 1.62. The number of aliphatic imine (C=N–C) groups is 1. The van der Waals surface area contributed by atoms with E-state index in [0.717, 1.165) is 5.56 Å². The summed E-state index contributed by atoms with van der Waals surface area (Å²) < 4.78 is 15.7. The number of carbonyl (C=O) groups excluding carboxylic acids is 2. The molecule has 0 radical (unpaired) electrons. The molecule has 27 heavy (non-hydrogen) atoms. The van der Waals surface area contributed by atoms with Crippen LogP contribution in [0.3, 0.4) is 0 Å². The van der Waals surface area contributed by atoms with Gasteiger partial charge in [-0.2, -0.15) is 0 Å². The van der Waals surface area contributed by atoms with Crippen LogP contribution in [0.25, 0.3) is 6.08 Å². The van der Waals surface area contributed by atoms with Crippen LogP contribution in [0, 0.1) is 0 Å². The molecule has 7 heteroatoms. The van der Waals surface area contributed by atoms with Crippen LogP contribution in [0.2, 0.25) is 0 Å². The number of hydrogen-bond acceptors (Lipinski definition) is 6. The molecule has 0 atom stereocenters. The fourth-order valence-electron chi connectivity index (χ4n) is 2.49. The number of nitrogens with zero attached hydrogens (tertiary/aromatic N) is 1. The molecule has 0 fully saturated rings. The maximum atomic E-state index is 12.2. The highest BCUT2D eigenvalue weighted by Gasteiger charge is 2.25. The Hall–Kier alpha value is -3.61. The van der Waals surface area contributed by atoms with Crippen LogP contribution in [-0.4, -0.2) is 32.0 Å². The predicted molar refractivity (Wildman–Crippen MR) is 101 cm³/mol. The number of ether oxygens (including phenoxy) is 3. The van der Waals surface area contributed by atoms with Gasteiger partial charge in [-0.15, -0.1) is 0 Å². The number of benzene rings is 2. The van der Waals surface area contributed by atoms with Crippen molar-refractivity contribution in [1.82, 2.24) is 0 Å². The second kappa shape index (κ2) is 7.74. The molecule has 2 aromatic rings. The first kappa shape index (κ1) is 18.2. The monoisotopic (exact) mass is 366 g/mol. The van der Waals surface area contributed by atoms with Gasteiger partial charge in [-0.1, -0.05) is 12.1 Å². The zero-order valence-electron chi connectivity index (χ0n) is 15.1. The summed E-state index contributed by atoms with van der Waals surface area (Å²) in [7, 11) is 3.08. The topological polar surface area (TPSA) is 86.2 Å². The quantitative estimate of drug-likeness (QED) is 0.649. The Kier molecular flexibility index (Phi) is 5.21. The van der Waals surface area contributed by atoms with E-state index in [1.807, 2.05) is 0 Å². The Bertz CT molecular complexity index is 923. The van der Waals surface area contributed by atoms with Crippen LogP contribution in [0.4, 0.5) is 5.69 Å². The molecule has 1 N–H and O–H groups in total. The lowest BCUT2D eigenvalue weighted by Gasteiger charge is -2.07. The van der Waals surface area contributed by atoms with E-state index in [1.54, 1.807) is 48.5 Å². The third-order valence-electron chi connectivity index (χ3n) is 3.75. The number of amides is 1. The number of hydrogen-bond donors (Lipinski definition) is 1. The Balaban J connectivity index is 1.88. The average molecular weight is 366 g/mol. The molecule has 0 saturated heterocycles. The zero-order chi connectivity index (χ0) is 19.4. The molecule has 1 aliphatic heterocycles. The first-order valence-electron chi connectivity index (χ1n) is 8.12. The van der Waals surface area contributed by atoms with Gasteiger partial charge in [-0.05, 0) is 35.9 Å².